The Labute approximate surface area is 196 Å². The van der Waals surface area contributed by atoms with E-state index in [0.29, 0.717) is 49.3 Å². The number of aromatic nitrogens is 1. The van der Waals surface area contributed by atoms with Gasteiger partial charge >= 0.3 is 0 Å². The molecule has 1 amide bonds. The molecule has 0 unspecified atom stereocenters. The standard InChI is InChI=1S/C22H23ClN4O3S2/c23-18-7-4-8-19(15-18)32(29,30)27-13-11-26(12-14-27)10-9-21(28)25-22-24-20(16-31-22)17-5-2-1-3-6-17/h1-8,15-16H,9-14H2,(H,24,25,28). The largest absolute Gasteiger partial charge is 0.302 e. The monoisotopic (exact) mass is 490 g/mol. The highest BCUT2D eigenvalue weighted by molar-refractivity contribution is 7.89. The van der Waals surface area contributed by atoms with Gasteiger partial charge in [0.25, 0.3) is 0 Å². The van der Waals surface area contributed by atoms with Gasteiger partial charge < -0.3 is 10.2 Å². The number of rotatable bonds is 7. The minimum absolute atomic E-state index is 0.104. The molecule has 0 spiro atoms. The first-order valence-corrected chi connectivity index (χ1v) is 12.9. The molecule has 0 aliphatic carbocycles. The number of nitrogens with zero attached hydrogens (tertiary/aromatic N) is 3. The third kappa shape index (κ3) is 5.54. The van der Waals surface area contributed by atoms with E-state index in [1.165, 1.54) is 21.7 Å². The minimum atomic E-state index is -3.56. The van der Waals surface area contributed by atoms with Crippen LogP contribution in [-0.4, -0.2) is 61.2 Å². The van der Waals surface area contributed by atoms with Crippen molar-refractivity contribution in [3.63, 3.8) is 0 Å². The van der Waals surface area contributed by atoms with Crippen molar-refractivity contribution in [3.05, 3.63) is 65.0 Å². The maximum Gasteiger partial charge on any atom is 0.243 e. The summed E-state index contributed by atoms with van der Waals surface area (Å²) in [7, 11) is -3.56. The second-order valence-electron chi connectivity index (χ2n) is 7.41. The number of thiazole rings is 1. The summed E-state index contributed by atoms with van der Waals surface area (Å²) in [6.07, 6.45) is 0.321. The van der Waals surface area contributed by atoms with Crippen LogP contribution in [0.2, 0.25) is 5.02 Å². The number of piperazine rings is 1. The smallest absolute Gasteiger partial charge is 0.243 e. The molecule has 32 heavy (non-hydrogen) atoms. The Bertz CT molecular complexity index is 1180. The highest BCUT2D eigenvalue weighted by atomic mass is 35.5. The molecule has 1 saturated heterocycles. The van der Waals surface area contributed by atoms with Gasteiger partial charge in [0.15, 0.2) is 5.13 Å². The van der Waals surface area contributed by atoms with Crippen LogP contribution in [-0.2, 0) is 14.8 Å². The maximum absolute atomic E-state index is 12.8. The van der Waals surface area contributed by atoms with Crippen molar-refractivity contribution in [1.82, 2.24) is 14.2 Å². The van der Waals surface area contributed by atoms with Gasteiger partial charge in [0, 0.05) is 55.1 Å². The maximum atomic E-state index is 12.8. The molecule has 10 heteroatoms. The summed E-state index contributed by atoms with van der Waals surface area (Å²) in [4.78, 5) is 19.1. The van der Waals surface area contributed by atoms with E-state index in [2.05, 4.69) is 15.2 Å². The second kappa shape index (κ2) is 10.1. The molecule has 168 valence electrons. The van der Waals surface area contributed by atoms with Crippen molar-refractivity contribution in [1.29, 1.82) is 0 Å². The molecule has 1 aromatic heterocycles. The zero-order valence-corrected chi connectivity index (χ0v) is 19.7. The highest BCUT2D eigenvalue weighted by Gasteiger charge is 2.28. The normalized spacial score (nSPS) is 15.5. The predicted molar refractivity (Wildman–Crippen MR) is 127 cm³/mol. The van der Waals surface area contributed by atoms with Gasteiger partial charge in [0.1, 0.15) is 0 Å². The van der Waals surface area contributed by atoms with Gasteiger partial charge in [-0.25, -0.2) is 13.4 Å². The number of carbonyl (C=O) groups excluding carboxylic acids is 1. The lowest BCUT2D eigenvalue weighted by atomic mass is 10.2. The van der Waals surface area contributed by atoms with E-state index >= 15 is 0 Å². The molecular weight excluding hydrogens is 468 g/mol. The average molecular weight is 491 g/mol. The van der Waals surface area contributed by atoms with Gasteiger partial charge in [-0.2, -0.15) is 4.31 Å². The number of sulfonamides is 1. The molecule has 0 saturated carbocycles. The lowest BCUT2D eigenvalue weighted by molar-refractivity contribution is -0.116. The molecule has 4 rings (SSSR count). The number of benzene rings is 2. The van der Waals surface area contributed by atoms with Crippen LogP contribution in [0.1, 0.15) is 6.42 Å². The van der Waals surface area contributed by atoms with E-state index < -0.39 is 10.0 Å². The van der Waals surface area contributed by atoms with Gasteiger partial charge in [0.2, 0.25) is 15.9 Å². The van der Waals surface area contributed by atoms with Crippen molar-refractivity contribution in [3.8, 4) is 11.3 Å². The molecule has 3 aromatic rings. The van der Waals surface area contributed by atoms with Crippen molar-refractivity contribution < 1.29 is 13.2 Å². The molecule has 1 aliphatic rings. The topological polar surface area (TPSA) is 82.6 Å². The first-order chi connectivity index (χ1) is 15.4. The molecule has 1 fully saturated rings. The summed E-state index contributed by atoms with van der Waals surface area (Å²) in [5.41, 5.74) is 1.85. The van der Waals surface area contributed by atoms with Crippen molar-refractivity contribution in [2.24, 2.45) is 0 Å². The third-order valence-corrected chi connectivity index (χ3v) is 8.13. The Morgan fingerprint density at radius 2 is 1.81 bits per heavy atom. The van der Waals surface area contributed by atoms with Crippen molar-refractivity contribution in [2.75, 3.05) is 38.0 Å². The Hall–Kier alpha value is -2.30. The Kier molecular flexibility index (Phi) is 7.22. The van der Waals surface area contributed by atoms with Crippen LogP contribution in [0.15, 0.2) is 64.9 Å². The lowest BCUT2D eigenvalue weighted by Gasteiger charge is -2.33. The summed E-state index contributed by atoms with van der Waals surface area (Å²) in [6.45, 7) is 2.46. The SMILES string of the molecule is O=C(CCN1CCN(S(=O)(=O)c2cccc(Cl)c2)CC1)Nc1nc(-c2ccccc2)cs1. The van der Waals surface area contributed by atoms with Crippen LogP contribution in [0.3, 0.4) is 0 Å². The molecular formula is C22H23ClN4O3S2. The van der Waals surface area contributed by atoms with E-state index in [-0.39, 0.29) is 10.8 Å². The highest BCUT2D eigenvalue weighted by Crippen LogP contribution is 2.25. The zero-order valence-electron chi connectivity index (χ0n) is 17.3. The average Bonchev–Trinajstić information content (AvgIpc) is 3.27. The molecule has 2 aromatic carbocycles. The first-order valence-electron chi connectivity index (χ1n) is 10.2. The van der Waals surface area contributed by atoms with Gasteiger partial charge in [-0.15, -0.1) is 11.3 Å². The second-order valence-corrected chi connectivity index (χ2v) is 10.6. The Morgan fingerprint density at radius 3 is 2.53 bits per heavy atom. The fourth-order valence-corrected chi connectivity index (χ4v) is 5.94. The van der Waals surface area contributed by atoms with E-state index in [0.717, 1.165) is 11.3 Å². The van der Waals surface area contributed by atoms with E-state index in [4.69, 9.17) is 11.6 Å². The summed E-state index contributed by atoms with van der Waals surface area (Å²) in [5.74, 6) is -0.104. The van der Waals surface area contributed by atoms with Crippen molar-refractivity contribution >= 4 is 44.0 Å². The van der Waals surface area contributed by atoms with Crippen LogP contribution in [0.4, 0.5) is 5.13 Å². The van der Waals surface area contributed by atoms with Gasteiger partial charge in [-0.3, -0.25) is 4.79 Å². The van der Waals surface area contributed by atoms with Crippen molar-refractivity contribution in [2.45, 2.75) is 11.3 Å². The Morgan fingerprint density at radius 1 is 1.06 bits per heavy atom. The molecule has 1 N–H and O–H groups in total. The van der Waals surface area contributed by atoms with Crippen LogP contribution < -0.4 is 5.32 Å². The number of anilines is 1. The molecule has 1 aliphatic heterocycles. The summed E-state index contributed by atoms with van der Waals surface area (Å²) in [6, 6.07) is 16.1. The first kappa shape index (κ1) is 22.9. The quantitative estimate of drug-likeness (QED) is 0.544. The molecule has 0 atom stereocenters. The molecule has 2 heterocycles. The number of nitrogens with one attached hydrogen (secondary N) is 1. The molecule has 0 bridgehead atoms. The van der Waals surface area contributed by atoms with Gasteiger partial charge in [0.05, 0.1) is 10.6 Å². The van der Waals surface area contributed by atoms with E-state index in [9.17, 15) is 13.2 Å². The number of amides is 1. The van der Waals surface area contributed by atoms with Gasteiger partial charge in [-0.1, -0.05) is 48.0 Å². The predicted octanol–water partition coefficient (Wildman–Crippen LogP) is 3.80. The molecule has 0 radical (unpaired) electrons. The van der Waals surface area contributed by atoms with Crippen LogP contribution >= 0.6 is 22.9 Å². The number of hydrogen-bond donors (Lipinski definition) is 1. The molecule has 7 nitrogen and oxygen atoms in total. The summed E-state index contributed by atoms with van der Waals surface area (Å²) >= 11 is 7.34. The zero-order chi connectivity index (χ0) is 22.6. The fraction of sp³-hybridized carbons (Fsp3) is 0.273. The van der Waals surface area contributed by atoms with Crippen LogP contribution in [0.25, 0.3) is 11.3 Å². The van der Waals surface area contributed by atoms with E-state index in [1.54, 1.807) is 18.2 Å². The van der Waals surface area contributed by atoms with Crippen LogP contribution in [0.5, 0.6) is 0 Å². The number of hydrogen-bond acceptors (Lipinski definition) is 6. The number of carbonyl (C=O) groups is 1. The summed E-state index contributed by atoms with van der Waals surface area (Å²) in [5, 5.41) is 5.75. The third-order valence-electron chi connectivity index (χ3n) is 5.24. The van der Waals surface area contributed by atoms with Gasteiger partial charge in [-0.05, 0) is 18.2 Å². The number of halogens is 1. The Balaban J connectivity index is 1.24. The van der Waals surface area contributed by atoms with E-state index in [1.807, 2.05) is 35.7 Å². The summed E-state index contributed by atoms with van der Waals surface area (Å²) < 4.78 is 27.1. The van der Waals surface area contributed by atoms with Crippen LogP contribution in [0, 0.1) is 0 Å². The lowest BCUT2D eigenvalue weighted by Crippen LogP contribution is -2.49. The fourth-order valence-electron chi connectivity index (χ4n) is 3.48. The minimum Gasteiger partial charge on any atom is -0.302 e.